The standard InChI is InChI=1S/C29H31N5O4.2ClH/c1-18-10-13-24(25(16-18)38-15-6-5-14-30)34(3)29(36)22-12-11-21(28(37-4)27(22)31-17-35)20-8-7-9-23-26(20)33-19(2)32-23;;/h7-13,16H,5-6,14-15,30H2,1-4H3,(H,32,33);2*1H. The van der Waals surface area contributed by atoms with Gasteiger partial charge in [-0.25, -0.2) is 9.78 Å². The molecule has 0 fully saturated rings. The number of H-pyrrole nitrogens is 1. The molecule has 0 spiro atoms. The lowest BCUT2D eigenvalue weighted by molar-refractivity contribution is 0.0992. The average Bonchev–Trinajstić information content (AvgIpc) is 3.30. The van der Waals surface area contributed by atoms with E-state index in [0.717, 1.165) is 40.8 Å². The molecule has 0 aliphatic rings. The Kier molecular flexibility index (Phi) is 11.7. The van der Waals surface area contributed by atoms with Gasteiger partial charge in [0.05, 0.1) is 36.0 Å². The van der Waals surface area contributed by atoms with E-state index in [-0.39, 0.29) is 47.7 Å². The minimum Gasteiger partial charge on any atom is -0.494 e. The van der Waals surface area contributed by atoms with E-state index in [1.807, 2.05) is 50.2 Å². The van der Waals surface area contributed by atoms with Crippen molar-refractivity contribution in [3.63, 3.8) is 0 Å². The number of nitrogens with zero attached hydrogens (tertiary/aromatic N) is 3. The lowest BCUT2D eigenvalue weighted by atomic mass is 9.98. The van der Waals surface area contributed by atoms with Crippen LogP contribution in [0.5, 0.6) is 11.5 Å². The maximum atomic E-state index is 13.8. The van der Waals surface area contributed by atoms with Gasteiger partial charge in [0.25, 0.3) is 5.91 Å². The number of methoxy groups -OCH3 is 1. The third-order valence-corrected chi connectivity index (χ3v) is 6.28. The number of carbonyl (C=O) groups is 1. The number of aryl methyl sites for hydroxylation is 2. The zero-order valence-electron chi connectivity index (χ0n) is 22.8. The number of anilines is 1. The van der Waals surface area contributed by atoms with Gasteiger partial charge in [-0.2, -0.15) is 4.99 Å². The van der Waals surface area contributed by atoms with Crippen LogP contribution in [0.1, 0.15) is 34.6 Å². The van der Waals surface area contributed by atoms with Crippen LogP contribution in [0.15, 0.2) is 53.5 Å². The molecule has 0 atom stereocenters. The molecule has 4 aromatic rings. The maximum Gasteiger partial charge on any atom is 0.260 e. The summed E-state index contributed by atoms with van der Waals surface area (Å²) in [7, 11) is 3.13. The van der Waals surface area contributed by atoms with Crippen LogP contribution in [-0.4, -0.2) is 49.3 Å². The third-order valence-electron chi connectivity index (χ3n) is 6.28. The first kappa shape index (κ1) is 32.3. The van der Waals surface area contributed by atoms with E-state index in [2.05, 4.69) is 15.0 Å². The predicted molar refractivity (Wildman–Crippen MR) is 163 cm³/mol. The molecule has 1 aromatic heterocycles. The van der Waals surface area contributed by atoms with E-state index >= 15 is 0 Å². The molecule has 9 nitrogen and oxygen atoms in total. The van der Waals surface area contributed by atoms with Crippen LogP contribution >= 0.6 is 24.8 Å². The zero-order chi connectivity index (χ0) is 27.2. The topological polar surface area (TPSA) is 123 Å². The molecule has 3 N–H and O–H groups in total. The number of nitrogens with two attached hydrogens (primary N) is 1. The van der Waals surface area contributed by atoms with Crippen molar-refractivity contribution in [2.45, 2.75) is 26.7 Å². The number of hydrogen-bond acceptors (Lipinski definition) is 7. The second-order valence-corrected chi connectivity index (χ2v) is 8.95. The summed E-state index contributed by atoms with van der Waals surface area (Å²) in [5, 5.41) is 0. The number of isocyanates is 1. The molecule has 4 rings (SSSR count). The average molecular weight is 587 g/mol. The Morgan fingerprint density at radius 2 is 1.88 bits per heavy atom. The van der Waals surface area contributed by atoms with Gasteiger partial charge in [0.1, 0.15) is 17.3 Å². The smallest absolute Gasteiger partial charge is 0.260 e. The highest BCUT2D eigenvalue weighted by atomic mass is 35.5. The quantitative estimate of drug-likeness (QED) is 0.132. The number of fused-ring (bicyclic) bond motifs is 1. The van der Waals surface area contributed by atoms with Crippen molar-refractivity contribution in [3.05, 3.63) is 65.5 Å². The molecular weight excluding hydrogens is 553 g/mol. The number of carbonyl (C=O) groups excluding carboxylic acids is 2. The maximum absolute atomic E-state index is 13.8. The van der Waals surface area contributed by atoms with Crippen molar-refractivity contribution in [1.82, 2.24) is 9.97 Å². The molecule has 3 aromatic carbocycles. The summed E-state index contributed by atoms with van der Waals surface area (Å²) in [6.45, 7) is 4.91. The largest absolute Gasteiger partial charge is 0.494 e. The fraction of sp³-hybridized carbons (Fsp3) is 0.276. The summed E-state index contributed by atoms with van der Waals surface area (Å²) in [4.78, 5) is 38.5. The number of ether oxygens (including phenoxy) is 2. The zero-order valence-corrected chi connectivity index (χ0v) is 24.4. The first-order chi connectivity index (χ1) is 18.4. The van der Waals surface area contributed by atoms with Gasteiger partial charge in [-0.15, -0.1) is 24.8 Å². The Morgan fingerprint density at radius 1 is 1.10 bits per heavy atom. The summed E-state index contributed by atoms with van der Waals surface area (Å²) in [5.41, 5.74) is 10.5. The molecule has 40 heavy (non-hydrogen) atoms. The second-order valence-electron chi connectivity index (χ2n) is 8.95. The Morgan fingerprint density at radius 3 is 2.58 bits per heavy atom. The Hall–Kier alpha value is -3.88. The number of para-hydroxylation sites is 1. The molecule has 0 radical (unpaired) electrons. The number of amides is 1. The van der Waals surface area contributed by atoms with Crippen molar-refractivity contribution in [3.8, 4) is 22.6 Å². The van der Waals surface area contributed by atoms with Gasteiger partial charge >= 0.3 is 0 Å². The fourth-order valence-electron chi connectivity index (χ4n) is 4.42. The van der Waals surface area contributed by atoms with Gasteiger partial charge in [-0.05, 0) is 69.1 Å². The monoisotopic (exact) mass is 585 g/mol. The highest BCUT2D eigenvalue weighted by Gasteiger charge is 2.25. The van der Waals surface area contributed by atoms with Gasteiger partial charge in [0.15, 0.2) is 5.75 Å². The van der Waals surface area contributed by atoms with Crippen LogP contribution in [0.2, 0.25) is 0 Å². The van der Waals surface area contributed by atoms with Crippen LogP contribution in [0.3, 0.4) is 0 Å². The molecule has 0 unspecified atom stereocenters. The summed E-state index contributed by atoms with van der Waals surface area (Å²) in [6.07, 6.45) is 3.23. The summed E-state index contributed by atoms with van der Waals surface area (Å²) in [6, 6.07) is 14.8. The molecule has 11 heteroatoms. The third kappa shape index (κ3) is 6.63. The van der Waals surface area contributed by atoms with Crippen LogP contribution < -0.4 is 20.1 Å². The molecule has 0 aliphatic carbocycles. The first-order valence-electron chi connectivity index (χ1n) is 12.4. The van der Waals surface area contributed by atoms with Crippen LogP contribution in [0.25, 0.3) is 22.2 Å². The van der Waals surface area contributed by atoms with Crippen molar-refractivity contribution in [1.29, 1.82) is 0 Å². The molecular formula is C29H33Cl2N5O4. The van der Waals surface area contributed by atoms with Crippen molar-refractivity contribution < 1.29 is 19.1 Å². The summed E-state index contributed by atoms with van der Waals surface area (Å²) in [5.74, 6) is 1.25. The number of aliphatic imine (C=N–C) groups is 1. The van der Waals surface area contributed by atoms with Gasteiger partial charge < -0.3 is 25.1 Å². The molecule has 0 saturated carbocycles. The second kappa shape index (κ2) is 14.5. The number of imidazole rings is 1. The van der Waals surface area contributed by atoms with E-state index in [1.165, 1.54) is 12.0 Å². The van der Waals surface area contributed by atoms with Crippen molar-refractivity contribution in [2.75, 3.05) is 32.2 Å². The Balaban J connectivity index is 0.00000280. The lowest BCUT2D eigenvalue weighted by Gasteiger charge is -2.23. The number of aromatic nitrogens is 2. The van der Waals surface area contributed by atoms with E-state index in [4.69, 9.17) is 15.2 Å². The van der Waals surface area contributed by atoms with Crippen molar-refractivity contribution in [2.24, 2.45) is 10.7 Å². The van der Waals surface area contributed by atoms with Crippen LogP contribution in [0, 0.1) is 13.8 Å². The van der Waals surface area contributed by atoms with Gasteiger partial charge in [0.2, 0.25) is 6.08 Å². The highest BCUT2D eigenvalue weighted by Crippen LogP contribution is 2.43. The van der Waals surface area contributed by atoms with E-state index in [1.54, 1.807) is 25.3 Å². The van der Waals surface area contributed by atoms with Crippen molar-refractivity contribution >= 4 is 59.2 Å². The highest BCUT2D eigenvalue weighted by molar-refractivity contribution is 6.11. The molecule has 0 saturated heterocycles. The molecule has 1 amide bonds. The Bertz CT molecular complexity index is 1530. The number of nitrogens with one attached hydrogen (secondary N) is 1. The van der Waals surface area contributed by atoms with E-state index in [0.29, 0.717) is 30.2 Å². The Labute approximate surface area is 245 Å². The minimum absolute atomic E-state index is 0. The fourth-order valence-corrected chi connectivity index (χ4v) is 4.42. The summed E-state index contributed by atoms with van der Waals surface area (Å²) >= 11 is 0. The molecule has 1 heterocycles. The number of unbranched alkanes of at least 4 members (excludes halogenated alkanes) is 1. The van der Waals surface area contributed by atoms with Crippen LogP contribution in [0.4, 0.5) is 11.4 Å². The SMILES string of the molecule is COc1c(-c2cccc3[nH]c(C)nc23)ccc(C(=O)N(C)c2ccc(C)cc2OCCCCN)c1N=C=O.Cl.Cl. The number of benzene rings is 3. The number of halogens is 2. The number of hydrogen-bond donors (Lipinski definition) is 2. The lowest BCUT2D eigenvalue weighted by Crippen LogP contribution is -2.27. The van der Waals surface area contributed by atoms with Gasteiger partial charge in [-0.1, -0.05) is 18.2 Å². The first-order valence-corrected chi connectivity index (χ1v) is 12.4. The molecule has 0 aliphatic heterocycles. The minimum atomic E-state index is -0.381. The summed E-state index contributed by atoms with van der Waals surface area (Å²) < 4.78 is 11.7. The number of aromatic amines is 1. The van der Waals surface area contributed by atoms with Gasteiger partial charge in [-0.3, -0.25) is 4.79 Å². The van der Waals surface area contributed by atoms with E-state index in [9.17, 15) is 9.59 Å². The van der Waals surface area contributed by atoms with E-state index < -0.39 is 0 Å². The van der Waals surface area contributed by atoms with Crippen LogP contribution in [-0.2, 0) is 4.79 Å². The number of rotatable bonds is 10. The predicted octanol–water partition coefficient (Wildman–Crippen LogP) is 6.06. The molecule has 0 bridgehead atoms. The van der Waals surface area contributed by atoms with Gasteiger partial charge in [0, 0.05) is 18.2 Å². The molecule has 212 valence electrons. The normalized spacial score (nSPS) is 10.2.